The zero-order valence-corrected chi connectivity index (χ0v) is 21.9. The number of carbonyl (C=O) groups excluding carboxylic acids is 2. The van der Waals surface area contributed by atoms with Crippen molar-refractivity contribution in [1.82, 2.24) is 5.32 Å². The van der Waals surface area contributed by atoms with E-state index in [-0.39, 0.29) is 17.1 Å². The number of carbonyl (C=O) groups is 2. The van der Waals surface area contributed by atoms with E-state index >= 15 is 0 Å². The maximum atomic E-state index is 14.7. The summed E-state index contributed by atoms with van der Waals surface area (Å²) in [5, 5.41) is 16.6. The van der Waals surface area contributed by atoms with Gasteiger partial charge >= 0.3 is 6.09 Å². The molecule has 3 aromatic carbocycles. The Bertz CT molecular complexity index is 1280. The highest BCUT2D eigenvalue weighted by Gasteiger charge is 2.26. The van der Waals surface area contributed by atoms with Crippen molar-refractivity contribution in [2.24, 2.45) is 0 Å². The number of methoxy groups -OCH3 is 1. The standard InChI is InChI=1S/C26H28FN3O6Si/c1-35-16-17-5-7-18(8-6-17)24(29-26(32)36-21-12-10-20(11-13-21)30(33)34)25(31)28-19-9-14-23(22(27)15-19)37(2,3)4/h5-15,24H,16H2,1-4H3,(H,28,31)(H,29,32)/t24-/m1/s1. The van der Waals surface area contributed by atoms with Crippen LogP contribution in [0.25, 0.3) is 0 Å². The van der Waals surface area contributed by atoms with E-state index in [0.717, 1.165) is 5.56 Å². The third kappa shape index (κ3) is 7.45. The minimum Gasteiger partial charge on any atom is -0.410 e. The maximum absolute atomic E-state index is 14.7. The van der Waals surface area contributed by atoms with Gasteiger partial charge in [-0.2, -0.15) is 0 Å². The summed E-state index contributed by atoms with van der Waals surface area (Å²) in [4.78, 5) is 36.1. The molecule has 2 N–H and O–H groups in total. The molecule has 9 nitrogen and oxygen atoms in total. The van der Waals surface area contributed by atoms with E-state index in [0.29, 0.717) is 17.4 Å². The molecule has 0 radical (unpaired) electrons. The zero-order valence-electron chi connectivity index (χ0n) is 20.9. The van der Waals surface area contributed by atoms with Crippen molar-refractivity contribution in [1.29, 1.82) is 0 Å². The van der Waals surface area contributed by atoms with Gasteiger partial charge in [0, 0.05) is 24.9 Å². The first-order chi connectivity index (χ1) is 17.5. The van der Waals surface area contributed by atoms with Gasteiger partial charge in [-0.15, -0.1) is 0 Å². The summed E-state index contributed by atoms with van der Waals surface area (Å²) in [6.45, 7) is 6.43. The van der Waals surface area contributed by atoms with Gasteiger partial charge in [-0.3, -0.25) is 14.9 Å². The van der Waals surface area contributed by atoms with Crippen LogP contribution in [0, 0.1) is 15.9 Å². The fourth-order valence-corrected chi connectivity index (χ4v) is 4.95. The molecule has 3 rings (SSSR count). The van der Waals surface area contributed by atoms with Crippen molar-refractivity contribution in [3.05, 3.63) is 93.8 Å². The van der Waals surface area contributed by atoms with Gasteiger partial charge in [0.15, 0.2) is 0 Å². The van der Waals surface area contributed by atoms with Crippen LogP contribution in [0.2, 0.25) is 19.6 Å². The fourth-order valence-electron chi connectivity index (χ4n) is 3.58. The first kappa shape index (κ1) is 27.5. The molecule has 37 heavy (non-hydrogen) atoms. The van der Waals surface area contributed by atoms with Gasteiger partial charge in [0.2, 0.25) is 0 Å². The molecular weight excluding hydrogens is 497 g/mol. The number of non-ortho nitro benzene ring substituents is 1. The second-order valence-corrected chi connectivity index (χ2v) is 14.4. The van der Waals surface area contributed by atoms with E-state index in [1.807, 2.05) is 19.6 Å². The summed E-state index contributed by atoms with van der Waals surface area (Å²) in [7, 11) is -0.343. The first-order valence-corrected chi connectivity index (χ1v) is 14.9. The predicted octanol–water partition coefficient (Wildman–Crippen LogP) is 4.89. The van der Waals surface area contributed by atoms with Crippen molar-refractivity contribution in [2.45, 2.75) is 32.3 Å². The van der Waals surface area contributed by atoms with Crippen LogP contribution in [0.4, 0.5) is 20.6 Å². The second kappa shape index (κ2) is 11.8. The molecule has 0 aliphatic rings. The van der Waals surface area contributed by atoms with Crippen molar-refractivity contribution >= 4 is 36.6 Å². The number of benzene rings is 3. The van der Waals surface area contributed by atoms with Crippen LogP contribution in [-0.2, 0) is 16.1 Å². The molecule has 0 bridgehead atoms. The molecule has 0 heterocycles. The summed E-state index contributed by atoms with van der Waals surface area (Å²) in [6.07, 6.45) is -0.949. The Kier molecular flexibility index (Phi) is 8.74. The SMILES string of the molecule is COCc1ccc([C@@H](NC(=O)Oc2ccc([N+](=O)[O-])cc2)C(=O)Nc2ccc([Si](C)(C)C)c(F)c2)cc1. The zero-order chi connectivity index (χ0) is 27.2. The highest BCUT2D eigenvalue weighted by molar-refractivity contribution is 6.88. The molecule has 0 fully saturated rings. The third-order valence-electron chi connectivity index (χ3n) is 5.45. The minimum absolute atomic E-state index is 0.0571. The molecule has 194 valence electrons. The van der Waals surface area contributed by atoms with Crippen LogP contribution < -0.4 is 20.6 Å². The number of ether oxygens (including phenoxy) is 2. The normalized spacial score (nSPS) is 11.9. The number of nitrogens with one attached hydrogen (secondary N) is 2. The van der Waals surface area contributed by atoms with Gasteiger partial charge in [-0.05, 0) is 40.6 Å². The van der Waals surface area contributed by atoms with Gasteiger partial charge < -0.3 is 20.1 Å². The molecule has 2 amide bonds. The number of rotatable bonds is 9. The van der Waals surface area contributed by atoms with Gasteiger partial charge in [-0.25, -0.2) is 9.18 Å². The van der Waals surface area contributed by atoms with Crippen molar-refractivity contribution in [2.75, 3.05) is 12.4 Å². The van der Waals surface area contributed by atoms with E-state index in [1.165, 1.54) is 30.3 Å². The summed E-state index contributed by atoms with van der Waals surface area (Å²) >= 11 is 0. The van der Waals surface area contributed by atoms with E-state index in [2.05, 4.69) is 10.6 Å². The quantitative estimate of drug-likeness (QED) is 0.233. The molecule has 1 atom stereocenters. The lowest BCUT2D eigenvalue weighted by Gasteiger charge is -2.21. The monoisotopic (exact) mass is 525 g/mol. The van der Waals surface area contributed by atoms with E-state index < -0.39 is 36.9 Å². The molecule has 0 saturated carbocycles. The molecule has 0 spiro atoms. The van der Waals surface area contributed by atoms with Crippen LogP contribution in [0.1, 0.15) is 17.2 Å². The number of amides is 2. The molecule has 3 aromatic rings. The Morgan fingerprint density at radius 3 is 2.22 bits per heavy atom. The summed E-state index contributed by atoms with van der Waals surface area (Å²) in [6, 6.07) is 15.2. The molecule has 0 aliphatic carbocycles. The second-order valence-electron chi connectivity index (χ2n) is 9.33. The topological polar surface area (TPSA) is 120 Å². The predicted molar refractivity (Wildman–Crippen MR) is 140 cm³/mol. The lowest BCUT2D eigenvalue weighted by atomic mass is 10.0. The number of nitro groups is 1. The van der Waals surface area contributed by atoms with Crippen LogP contribution in [-0.4, -0.2) is 32.1 Å². The van der Waals surface area contributed by atoms with Crippen LogP contribution in [0.15, 0.2) is 66.7 Å². The van der Waals surface area contributed by atoms with Crippen LogP contribution >= 0.6 is 0 Å². The van der Waals surface area contributed by atoms with Crippen molar-refractivity contribution in [3.63, 3.8) is 0 Å². The van der Waals surface area contributed by atoms with Gasteiger partial charge in [0.05, 0.1) is 19.6 Å². The maximum Gasteiger partial charge on any atom is 0.413 e. The van der Waals surface area contributed by atoms with E-state index in [4.69, 9.17) is 9.47 Å². The number of nitrogens with zero attached hydrogens (tertiary/aromatic N) is 1. The molecule has 0 saturated heterocycles. The minimum atomic E-state index is -1.91. The molecule has 11 heteroatoms. The number of anilines is 1. The molecular formula is C26H28FN3O6Si. The fraction of sp³-hybridized carbons (Fsp3) is 0.231. The first-order valence-electron chi connectivity index (χ1n) is 11.4. The average Bonchev–Trinajstić information content (AvgIpc) is 2.83. The van der Waals surface area contributed by atoms with E-state index in [9.17, 15) is 24.1 Å². The van der Waals surface area contributed by atoms with Crippen molar-refractivity contribution in [3.8, 4) is 5.75 Å². The number of hydrogen-bond acceptors (Lipinski definition) is 6. The molecule has 0 aromatic heterocycles. The lowest BCUT2D eigenvalue weighted by Crippen LogP contribution is -2.40. The number of hydrogen-bond donors (Lipinski definition) is 2. The Labute approximate surface area is 214 Å². The summed E-state index contributed by atoms with van der Waals surface area (Å²) in [5.74, 6) is -0.954. The summed E-state index contributed by atoms with van der Waals surface area (Å²) < 4.78 is 25.0. The number of halogens is 1. The Hall–Kier alpha value is -4.09. The lowest BCUT2D eigenvalue weighted by molar-refractivity contribution is -0.384. The highest BCUT2D eigenvalue weighted by Crippen LogP contribution is 2.21. The average molecular weight is 526 g/mol. The van der Waals surface area contributed by atoms with Crippen molar-refractivity contribution < 1.29 is 28.4 Å². The van der Waals surface area contributed by atoms with E-state index in [1.54, 1.807) is 43.5 Å². The van der Waals surface area contributed by atoms with Gasteiger partial charge in [-0.1, -0.05) is 50.0 Å². The third-order valence-corrected chi connectivity index (χ3v) is 7.47. The molecule has 0 aliphatic heterocycles. The smallest absolute Gasteiger partial charge is 0.410 e. The molecule has 0 unspecified atom stereocenters. The van der Waals surface area contributed by atoms with Gasteiger partial charge in [0.25, 0.3) is 11.6 Å². The van der Waals surface area contributed by atoms with Gasteiger partial charge in [0.1, 0.15) is 17.6 Å². The Morgan fingerprint density at radius 1 is 1.03 bits per heavy atom. The largest absolute Gasteiger partial charge is 0.413 e. The Morgan fingerprint density at radius 2 is 1.68 bits per heavy atom. The summed E-state index contributed by atoms with van der Waals surface area (Å²) in [5.41, 5.74) is 1.41. The number of nitro benzene ring substituents is 1. The van der Waals surface area contributed by atoms with Crippen LogP contribution in [0.3, 0.4) is 0 Å². The Balaban J connectivity index is 1.82. The van der Waals surface area contributed by atoms with Crippen LogP contribution in [0.5, 0.6) is 5.75 Å². The highest BCUT2D eigenvalue weighted by atomic mass is 28.3.